The molecule has 280 valence electrons. The van der Waals surface area contributed by atoms with E-state index in [9.17, 15) is 9.90 Å². The van der Waals surface area contributed by atoms with Crippen molar-refractivity contribution in [2.75, 3.05) is 66.0 Å². The quantitative estimate of drug-likeness (QED) is 0.282. The Hall–Kier alpha value is -4.12. The van der Waals surface area contributed by atoms with Gasteiger partial charge in [0.2, 0.25) is 0 Å². The number of H-pyrrole nitrogens is 1. The minimum absolute atomic E-state index is 0.0140. The van der Waals surface area contributed by atoms with E-state index in [-0.39, 0.29) is 24.3 Å². The number of nitrogens with zero attached hydrogens (tertiary/aromatic N) is 3. The highest BCUT2D eigenvalue weighted by Crippen LogP contribution is 2.67. The van der Waals surface area contributed by atoms with Crippen molar-refractivity contribution in [1.29, 1.82) is 0 Å². The van der Waals surface area contributed by atoms with Gasteiger partial charge in [0.05, 0.1) is 27.4 Å². The second kappa shape index (κ2) is 11.9. The van der Waals surface area contributed by atoms with Crippen LogP contribution in [-0.4, -0.2) is 111 Å². The number of fused-ring (bicyclic) bond motifs is 6. The first-order valence-corrected chi connectivity index (χ1v) is 19.3. The third kappa shape index (κ3) is 4.49. The van der Waals surface area contributed by atoms with Crippen LogP contribution in [0, 0.1) is 11.3 Å². The Bertz CT molecular complexity index is 2090. The van der Waals surface area contributed by atoms with Crippen LogP contribution in [0.15, 0.2) is 60.2 Å². The lowest BCUT2D eigenvalue weighted by Gasteiger charge is -2.60. The average Bonchev–Trinajstić information content (AvgIpc) is 3.82. The summed E-state index contributed by atoms with van der Waals surface area (Å²) < 4.78 is 17.7. The fraction of sp³-hybridized carbons (Fsp3) is 0.535. The predicted octanol–water partition coefficient (Wildman–Crippen LogP) is 4.86. The first kappa shape index (κ1) is 34.6. The summed E-state index contributed by atoms with van der Waals surface area (Å²) in [4.78, 5) is 40.0. The van der Waals surface area contributed by atoms with Gasteiger partial charge in [0.25, 0.3) is 0 Å². The second-order valence-corrected chi connectivity index (χ2v) is 16.8. The number of para-hydroxylation sites is 1. The molecule has 9 rings (SSSR count). The lowest BCUT2D eigenvalue weighted by molar-refractivity contribution is -0.180. The number of anilines is 1. The zero-order valence-corrected chi connectivity index (χ0v) is 31.8. The summed E-state index contributed by atoms with van der Waals surface area (Å²) in [6.07, 6.45) is 10.00. The summed E-state index contributed by atoms with van der Waals surface area (Å²) >= 11 is 0. The lowest BCUT2D eigenvalue weighted by atomic mass is 9.50. The Balaban J connectivity index is 1.36. The highest BCUT2D eigenvalue weighted by Gasteiger charge is 2.75. The third-order valence-corrected chi connectivity index (χ3v) is 14.2. The molecule has 1 saturated carbocycles. The van der Waals surface area contributed by atoms with Crippen molar-refractivity contribution in [1.82, 2.24) is 14.8 Å². The van der Waals surface area contributed by atoms with Crippen LogP contribution in [0.3, 0.4) is 0 Å². The second-order valence-electron chi connectivity index (χ2n) is 16.8. The number of hydrogen-bond acceptors (Lipinski definition) is 9. The van der Waals surface area contributed by atoms with Gasteiger partial charge in [-0.1, -0.05) is 55.8 Å². The van der Waals surface area contributed by atoms with E-state index in [1.54, 1.807) is 7.11 Å². The van der Waals surface area contributed by atoms with Crippen molar-refractivity contribution in [2.24, 2.45) is 11.3 Å². The van der Waals surface area contributed by atoms with Gasteiger partial charge in [-0.15, -0.1) is 0 Å². The SMILES string of the molecule is CCC1=C[C@@H]2CN(CCc3c([nH]c4ccccc34)[C@@](C(=O)OC)(c3cc4c(cc3OC)N(C)[C@@H]3[C@]45CCN4CC=C[C@@](C)(C[C@]3(O)C(=O)OC)[C@H]45)C2)C1. The number of likely N-dealkylation sites (N-methyl/N-ethyl adjacent to an activating group) is 1. The first-order valence-electron chi connectivity index (χ1n) is 19.3. The summed E-state index contributed by atoms with van der Waals surface area (Å²) in [7, 11) is 6.51. The van der Waals surface area contributed by atoms with Crippen LogP contribution in [0.1, 0.15) is 61.9 Å². The Morgan fingerprint density at radius 2 is 1.83 bits per heavy atom. The average molecular weight is 721 g/mol. The van der Waals surface area contributed by atoms with E-state index in [0.717, 1.165) is 91.0 Å². The number of benzene rings is 2. The molecule has 5 aliphatic heterocycles. The van der Waals surface area contributed by atoms with E-state index < -0.39 is 33.9 Å². The summed E-state index contributed by atoms with van der Waals surface area (Å²) in [5.41, 5.74) is 2.85. The standard InChI is InChI=1S/C43H52N4O6/c1-7-26-19-27-22-42(38(48)52-5,35-29(13-17-46(23-26)24-27)28-11-8-9-12-32(28)44-35)31-20-30-33(21-34(31)51-4)45(3)37-41(30)15-18-47-16-10-14-40(2,36(41)47)25-43(37,50)39(49)53-6/h8-12,14,19-21,27,36-37,44,50H,7,13,15-18,22-25H2,1-6H3/t27-,36-,37+,40-,41+,42-,43+/m0/s1. The molecule has 0 radical (unpaired) electrons. The zero-order chi connectivity index (χ0) is 37.1. The van der Waals surface area contributed by atoms with Crippen LogP contribution in [0.5, 0.6) is 5.75 Å². The molecule has 6 aliphatic rings. The van der Waals surface area contributed by atoms with Crippen LogP contribution in [0.4, 0.5) is 5.69 Å². The molecule has 1 saturated heterocycles. The molecule has 2 bridgehead atoms. The number of methoxy groups -OCH3 is 3. The first-order chi connectivity index (χ1) is 25.5. The Kier molecular flexibility index (Phi) is 7.80. The van der Waals surface area contributed by atoms with Gasteiger partial charge in [-0.05, 0) is 67.8 Å². The number of aromatic nitrogens is 1. The van der Waals surface area contributed by atoms with Gasteiger partial charge in [-0.2, -0.15) is 0 Å². The van der Waals surface area contributed by atoms with Crippen molar-refractivity contribution in [3.63, 3.8) is 0 Å². The summed E-state index contributed by atoms with van der Waals surface area (Å²) in [6.45, 7) is 8.68. The van der Waals surface area contributed by atoms with E-state index in [2.05, 4.69) is 76.0 Å². The molecule has 10 nitrogen and oxygen atoms in total. The number of nitrogens with one attached hydrogen (secondary N) is 1. The van der Waals surface area contributed by atoms with Crippen LogP contribution >= 0.6 is 0 Å². The van der Waals surface area contributed by atoms with Gasteiger partial charge in [0.1, 0.15) is 11.2 Å². The van der Waals surface area contributed by atoms with Crippen LogP contribution in [-0.2, 0) is 36.3 Å². The van der Waals surface area contributed by atoms with E-state index in [1.165, 1.54) is 19.8 Å². The van der Waals surface area contributed by atoms with E-state index in [1.807, 2.05) is 19.2 Å². The van der Waals surface area contributed by atoms with Crippen molar-refractivity contribution < 1.29 is 28.9 Å². The third-order valence-electron chi connectivity index (χ3n) is 14.2. The number of carbonyl (C=O) groups is 2. The van der Waals surface area contributed by atoms with Crippen LogP contribution < -0.4 is 9.64 Å². The van der Waals surface area contributed by atoms with Gasteiger partial charge in [0, 0.05) is 84.0 Å². The molecule has 53 heavy (non-hydrogen) atoms. The lowest BCUT2D eigenvalue weighted by Crippen LogP contribution is -2.74. The fourth-order valence-corrected chi connectivity index (χ4v) is 12.5. The molecule has 3 aromatic rings. The Morgan fingerprint density at radius 3 is 2.58 bits per heavy atom. The van der Waals surface area contributed by atoms with E-state index >= 15 is 4.79 Å². The highest BCUT2D eigenvalue weighted by atomic mass is 16.5. The van der Waals surface area contributed by atoms with Gasteiger partial charge in [0.15, 0.2) is 5.60 Å². The smallest absolute Gasteiger partial charge is 0.340 e. The molecule has 1 spiro atoms. The van der Waals surface area contributed by atoms with Gasteiger partial charge in [-0.25, -0.2) is 4.79 Å². The molecular formula is C43H52N4O6. The number of aromatic amines is 1. The number of esters is 2. The highest BCUT2D eigenvalue weighted by molar-refractivity contribution is 5.94. The van der Waals surface area contributed by atoms with Gasteiger partial charge in [-0.3, -0.25) is 14.6 Å². The maximum atomic E-state index is 15.1. The van der Waals surface area contributed by atoms with Gasteiger partial charge >= 0.3 is 11.9 Å². The minimum atomic E-state index is -1.78. The van der Waals surface area contributed by atoms with E-state index in [4.69, 9.17) is 14.2 Å². The van der Waals surface area contributed by atoms with Crippen molar-refractivity contribution >= 4 is 28.5 Å². The zero-order valence-electron chi connectivity index (χ0n) is 31.8. The molecule has 0 amide bonds. The summed E-state index contributed by atoms with van der Waals surface area (Å²) in [5.74, 6) is -0.289. The Labute approximate surface area is 311 Å². The largest absolute Gasteiger partial charge is 0.496 e. The number of rotatable bonds is 5. The normalized spacial score (nSPS) is 35.6. The fourth-order valence-electron chi connectivity index (χ4n) is 12.5. The molecule has 1 unspecified atom stereocenters. The number of ether oxygens (including phenoxy) is 3. The minimum Gasteiger partial charge on any atom is -0.496 e. The maximum Gasteiger partial charge on any atom is 0.340 e. The van der Waals surface area contributed by atoms with Crippen molar-refractivity contribution in [3.05, 3.63) is 82.6 Å². The van der Waals surface area contributed by atoms with Crippen LogP contribution in [0.2, 0.25) is 0 Å². The van der Waals surface area contributed by atoms with Crippen LogP contribution in [0.25, 0.3) is 10.9 Å². The number of hydrogen-bond donors (Lipinski definition) is 2. The molecule has 1 aliphatic carbocycles. The maximum absolute atomic E-state index is 15.1. The number of aliphatic hydroxyl groups is 1. The Morgan fingerprint density at radius 1 is 1.04 bits per heavy atom. The van der Waals surface area contributed by atoms with Crippen molar-refractivity contribution in [3.8, 4) is 5.75 Å². The molecule has 2 aromatic carbocycles. The monoisotopic (exact) mass is 720 g/mol. The molecule has 2 fully saturated rings. The molecular weight excluding hydrogens is 668 g/mol. The molecule has 6 heterocycles. The predicted molar refractivity (Wildman–Crippen MR) is 203 cm³/mol. The molecule has 8 atom stereocenters. The summed E-state index contributed by atoms with van der Waals surface area (Å²) in [5, 5.41) is 13.9. The topological polar surface area (TPSA) is 108 Å². The summed E-state index contributed by atoms with van der Waals surface area (Å²) in [6, 6.07) is 12.0. The van der Waals surface area contributed by atoms with E-state index in [0.29, 0.717) is 12.2 Å². The number of carbonyl (C=O) groups excluding carboxylic acids is 2. The molecule has 1 aromatic heterocycles. The molecule has 10 heteroatoms. The molecule has 2 N–H and O–H groups in total. The van der Waals surface area contributed by atoms with Crippen molar-refractivity contribution in [2.45, 2.75) is 74.5 Å². The van der Waals surface area contributed by atoms with Gasteiger partial charge < -0.3 is 29.2 Å².